The summed E-state index contributed by atoms with van der Waals surface area (Å²) >= 11 is 0. The van der Waals surface area contributed by atoms with Crippen molar-refractivity contribution in [1.82, 2.24) is 0 Å². The van der Waals surface area contributed by atoms with E-state index in [0.717, 1.165) is 33.4 Å². The van der Waals surface area contributed by atoms with E-state index in [1.807, 2.05) is 41.1 Å². The quantitative estimate of drug-likeness (QED) is 0.140. The van der Waals surface area contributed by atoms with Crippen LogP contribution in [-0.2, 0) is 24.9 Å². The number of carbonyl (C=O) groups excluding carboxylic acids is 1. The average Bonchev–Trinajstić information content (AvgIpc) is 3.17. The summed E-state index contributed by atoms with van der Waals surface area (Å²) in [5.74, 6) is -0.0625. The van der Waals surface area contributed by atoms with E-state index in [1.165, 1.54) is 25.5 Å². The van der Waals surface area contributed by atoms with E-state index >= 15 is 0 Å². The van der Waals surface area contributed by atoms with Gasteiger partial charge in [-0.25, -0.2) is 0 Å². The normalized spacial score (nSPS) is 10.7. The molecule has 31 heavy (non-hydrogen) atoms. The Kier molecular flexibility index (Phi) is 8.26. The summed E-state index contributed by atoms with van der Waals surface area (Å²) in [7, 11) is 4.10. The fraction of sp³-hybridized carbons (Fsp3) is 0.0769. The largest absolute Gasteiger partial charge is 0.512 e. The number of hydrogen-bond donors (Lipinski definition) is 1. The molecule has 0 fully saturated rings. The van der Waals surface area contributed by atoms with Gasteiger partial charge in [0.15, 0.2) is 5.78 Å². The molecule has 4 nitrogen and oxygen atoms in total. The fourth-order valence-electron chi connectivity index (χ4n) is 3.26. The van der Waals surface area contributed by atoms with Gasteiger partial charge >= 0.3 is 0 Å². The molecule has 0 spiro atoms. The molecule has 0 amide bonds. The Morgan fingerprint density at radius 3 is 2.32 bits per heavy atom. The number of aliphatic hydroxyl groups excluding tert-OH is 1. The standard InChI is InChI=1S/C21H16NO.C5H8O2.Ir/c1-15-14-17(16-6-4-3-5-7-16)8-9-18(15)21-19-11-13-23-20(19)10-12-22(21)2;1-4(6)3-5(2)7;/h3-14H,1-2H2;3,6H,1-2H3;/q-1;;. The number of rotatable bonds is 3. The third kappa shape index (κ3) is 5.88. The minimum absolute atomic E-state index is 0. The van der Waals surface area contributed by atoms with Gasteiger partial charge in [-0.3, -0.25) is 4.79 Å². The van der Waals surface area contributed by atoms with Crippen LogP contribution >= 0.6 is 0 Å². The zero-order chi connectivity index (χ0) is 21.7. The number of hydrogen-bond acceptors (Lipinski definition) is 3. The van der Waals surface area contributed by atoms with Crippen molar-refractivity contribution in [2.75, 3.05) is 0 Å². The molecule has 0 saturated heterocycles. The molecule has 0 bridgehead atoms. The Hall–Kier alpha value is -3.27. The molecule has 0 saturated carbocycles. The number of aliphatic hydroxyl groups is 1. The SMILES string of the molecule is CC(=O)C=C(C)O.[CH2-]c1cc(-c2ccccc2)ccc1-c1c2ccoc2cc[n+]1[CH2-].[Ir]. The second-order valence-corrected chi connectivity index (χ2v) is 6.97. The average molecular weight is 591 g/mol. The van der Waals surface area contributed by atoms with Crippen molar-refractivity contribution < 1.29 is 39.0 Å². The van der Waals surface area contributed by atoms with Gasteiger partial charge in [0, 0.05) is 38.6 Å². The summed E-state index contributed by atoms with van der Waals surface area (Å²) in [4.78, 5) is 10.0. The van der Waals surface area contributed by atoms with Crippen LogP contribution in [0.5, 0.6) is 0 Å². The minimum Gasteiger partial charge on any atom is -0.512 e. The number of aromatic nitrogens is 1. The number of fused-ring (bicyclic) bond motifs is 1. The molecular formula is C26H24IrNO3-. The number of ketones is 1. The molecule has 2 aromatic carbocycles. The van der Waals surface area contributed by atoms with Crippen molar-refractivity contribution in [3.63, 3.8) is 0 Å². The minimum atomic E-state index is -0.125. The van der Waals surface area contributed by atoms with Crippen LogP contribution in [0.4, 0.5) is 0 Å². The van der Waals surface area contributed by atoms with Crippen LogP contribution in [0.2, 0.25) is 0 Å². The number of benzene rings is 2. The first-order valence-electron chi connectivity index (χ1n) is 9.49. The van der Waals surface area contributed by atoms with Crippen LogP contribution in [0.1, 0.15) is 19.4 Å². The van der Waals surface area contributed by atoms with Crippen LogP contribution in [-0.4, -0.2) is 10.9 Å². The van der Waals surface area contributed by atoms with Crippen LogP contribution in [0.3, 0.4) is 0 Å². The zero-order valence-electron chi connectivity index (χ0n) is 17.5. The van der Waals surface area contributed by atoms with E-state index in [-0.39, 0.29) is 31.6 Å². The van der Waals surface area contributed by atoms with Gasteiger partial charge in [0.2, 0.25) is 0 Å². The second-order valence-electron chi connectivity index (χ2n) is 6.97. The monoisotopic (exact) mass is 591 g/mol. The Morgan fingerprint density at radius 1 is 1.03 bits per heavy atom. The number of allylic oxidation sites excluding steroid dienone is 2. The first-order chi connectivity index (χ1) is 14.4. The van der Waals surface area contributed by atoms with Gasteiger partial charge in [0.1, 0.15) is 5.58 Å². The predicted octanol–water partition coefficient (Wildman–Crippen LogP) is 5.91. The molecule has 5 heteroatoms. The number of nitrogens with zero attached hydrogens (tertiary/aromatic N) is 1. The maximum absolute atomic E-state index is 10.0. The van der Waals surface area contributed by atoms with Crippen molar-refractivity contribution in [3.8, 4) is 22.4 Å². The van der Waals surface area contributed by atoms with Crippen molar-refractivity contribution >= 4 is 16.8 Å². The molecule has 1 N–H and O–H groups in total. The summed E-state index contributed by atoms with van der Waals surface area (Å²) in [5.41, 5.74) is 6.25. The van der Waals surface area contributed by atoms with Crippen LogP contribution in [0.15, 0.2) is 89.4 Å². The Balaban J connectivity index is 0.000000373. The van der Waals surface area contributed by atoms with Gasteiger partial charge in [0.25, 0.3) is 0 Å². The number of pyridine rings is 1. The van der Waals surface area contributed by atoms with Gasteiger partial charge in [0.05, 0.1) is 23.9 Å². The molecule has 2 heterocycles. The van der Waals surface area contributed by atoms with E-state index in [9.17, 15) is 4.79 Å². The molecule has 2 aromatic heterocycles. The first kappa shape index (κ1) is 24.0. The molecular weight excluding hydrogens is 567 g/mol. The molecule has 0 unspecified atom stereocenters. The van der Waals surface area contributed by atoms with Crippen molar-refractivity contribution in [3.05, 3.63) is 104 Å². The van der Waals surface area contributed by atoms with Crippen molar-refractivity contribution in [2.24, 2.45) is 0 Å². The molecule has 161 valence electrons. The Bertz CT molecular complexity index is 1210. The maximum Gasteiger partial charge on any atom is 0.155 e. The van der Waals surface area contributed by atoms with E-state index < -0.39 is 0 Å². The fourth-order valence-corrected chi connectivity index (χ4v) is 3.26. The zero-order valence-corrected chi connectivity index (χ0v) is 19.9. The molecule has 0 atom stereocenters. The van der Waals surface area contributed by atoms with Gasteiger partial charge < -0.3 is 14.1 Å². The molecule has 4 aromatic rings. The maximum atomic E-state index is 10.0. The van der Waals surface area contributed by atoms with E-state index in [2.05, 4.69) is 44.3 Å². The van der Waals surface area contributed by atoms with E-state index in [4.69, 9.17) is 9.52 Å². The number of carbonyl (C=O) groups is 1. The molecule has 1 radical (unpaired) electrons. The van der Waals surface area contributed by atoms with Crippen molar-refractivity contribution in [2.45, 2.75) is 13.8 Å². The smallest absolute Gasteiger partial charge is 0.155 e. The second kappa shape index (κ2) is 10.7. The van der Waals surface area contributed by atoms with E-state index in [0.29, 0.717) is 0 Å². The first-order valence-corrected chi connectivity index (χ1v) is 9.49. The van der Waals surface area contributed by atoms with Crippen LogP contribution in [0.25, 0.3) is 33.4 Å². The van der Waals surface area contributed by atoms with Gasteiger partial charge in [-0.15, -0.1) is 11.6 Å². The summed E-state index contributed by atoms with van der Waals surface area (Å²) in [6.45, 7) is 7.09. The third-order valence-electron chi connectivity index (χ3n) is 4.52. The van der Waals surface area contributed by atoms with E-state index in [1.54, 1.807) is 6.26 Å². The Morgan fingerprint density at radius 2 is 1.74 bits per heavy atom. The molecule has 4 rings (SSSR count). The van der Waals surface area contributed by atoms with Gasteiger partial charge in [-0.1, -0.05) is 42.0 Å². The van der Waals surface area contributed by atoms with Crippen LogP contribution in [0, 0.1) is 14.0 Å². The molecule has 0 aliphatic carbocycles. The summed E-state index contributed by atoms with van der Waals surface area (Å²) in [5, 5.41) is 9.40. The topological polar surface area (TPSA) is 54.3 Å². The van der Waals surface area contributed by atoms with Crippen molar-refractivity contribution in [1.29, 1.82) is 0 Å². The Labute approximate surface area is 196 Å². The summed E-state index contributed by atoms with van der Waals surface area (Å²) in [6, 6.07) is 20.6. The predicted molar refractivity (Wildman–Crippen MR) is 120 cm³/mol. The summed E-state index contributed by atoms with van der Waals surface area (Å²) in [6.07, 6.45) is 4.78. The third-order valence-corrected chi connectivity index (χ3v) is 4.52. The number of furan rings is 1. The van der Waals surface area contributed by atoms with Crippen LogP contribution < -0.4 is 4.57 Å². The van der Waals surface area contributed by atoms with Gasteiger partial charge in [-0.05, 0) is 31.5 Å². The summed E-state index contributed by atoms with van der Waals surface area (Å²) < 4.78 is 7.37. The molecule has 0 aliphatic rings. The molecule has 0 aliphatic heterocycles. The van der Waals surface area contributed by atoms with Gasteiger partial charge in [-0.2, -0.15) is 18.6 Å².